The van der Waals surface area contributed by atoms with Gasteiger partial charge in [0.15, 0.2) is 17.3 Å². The summed E-state index contributed by atoms with van der Waals surface area (Å²) >= 11 is 0. The van der Waals surface area contributed by atoms with E-state index in [1.165, 1.54) is 19.3 Å². The third-order valence-corrected chi connectivity index (χ3v) is 5.05. The van der Waals surface area contributed by atoms with Crippen molar-refractivity contribution in [3.8, 4) is 11.5 Å². The van der Waals surface area contributed by atoms with Gasteiger partial charge in [-0.1, -0.05) is 50.5 Å². The number of benzene rings is 1. The number of ketones is 1. The molecule has 0 radical (unpaired) electrons. The zero-order chi connectivity index (χ0) is 16.1. The molecule has 1 aliphatic heterocycles. The predicted molar refractivity (Wildman–Crippen MR) is 91.6 cm³/mol. The molecule has 1 aromatic carbocycles. The summed E-state index contributed by atoms with van der Waals surface area (Å²) in [5.74, 6) is 1.85. The minimum Gasteiger partial charge on any atom is -0.454 e. The van der Waals surface area contributed by atoms with Crippen LogP contribution < -0.4 is 9.47 Å². The van der Waals surface area contributed by atoms with Gasteiger partial charge in [-0.05, 0) is 43.0 Å². The molecule has 1 saturated carbocycles. The Labute approximate surface area is 138 Å². The highest BCUT2D eigenvalue weighted by atomic mass is 16.7. The highest BCUT2D eigenvalue weighted by Crippen LogP contribution is 2.40. The Bertz CT molecular complexity index is 622. The fourth-order valence-corrected chi connectivity index (χ4v) is 3.51. The standard InChI is InChI=1S/C20H24O3/c1-2-20(12-6-3-7-13-20)19(21)9-5-4-8-16-10-11-17-18(14-16)23-15-22-17/h4-5,8-11,14H,2-3,6-7,12-13,15H2,1H3/b8-4+,9-5+. The molecule has 0 unspecified atom stereocenters. The van der Waals surface area contributed by atoms with Gasteiger partial charge in [0.1, 0.15) is 0 Å². The number of allylic oxidation sites excluding steroid dienone is 3. The Balaban J connectivity index is 1.62. The number of carbonyl (C=O) groups is 1. The van der Waals surface area contributed by atoms with Crippen LogP contribution in [-0.4, -0.2) is 12.6 Å². The van der Waals surface area contributed by atoms with Gasteiger partial charge >= 0.3 is 0 Å². The lowest BCUT2D eigenvalue weighted by Crippen LogP contribution is -2.31. The topological polar surface area (TPSA) is 35.5 Å². The van der Waals surface area contributed by atoms with E-state index in [2.05, 4.69) is 6.92 Å². The molecule has 0 amide bonds. The summed E-state index contributed by atoms with van der Waals surface area (Å²) in [7, 11) is 0. The lowest BCUT2D eigenvalue weighted by Gasteiger charge is -2.33. The maximum atomic E-state index is 12.6. The van der Waals surface area contributed by atoms with Gasteiger partial charge in [-0.2, -0.15) is 0 Å². The molecule has 0 spiro atoms. The molecular weight excluding hydrogens is 288 g/mol. The second-order valence-electron chi connectivity index (χ2n) is 6.39. The van der Waals surface area contributed by atoms with Gasteiger partial charge in [-0.3, -0.25) is 4.79 Å². The van der Waals surface area contributed by atoms with E-state index in [4.69, 9.17) is 9.47 Å². The van der Waals surface area contributed by atoms with Crippen LogP contribution in [-0.2, 0) is 4.79 Å². The van der Waals surface area contributed by atoms with Crippen LogP contribution in [0.2, 0.25) is 0 Å². The van der Waals surface area contributed by atoms with E-state index >= 15 is 0 Å². The summed E-state index contributed by atoms with van der Waals surface area (Å²) in [6.07, 6.45) is 14.2. The Morgan fingerprint density at radius 1 is 1.13 bits per heavy atom. The van der Waals surface area contributed by atoms with E-state index in [1.807, 2.05) is 36.4 Å². The number of rotatable bonds is 5. The monoisotopic (exact) mass is 312 g/mol. The van der Waals surface area contributed by atoms with Crippen molar-refractivity contribution in [2.24, 2.45) is 5.41 Å². The van der Waals surface area contributed by atoms with Crippen molar-refractivity contribution in [3.63, 3.8) is 0 Å². The Hall–Kier alpha value is -2.03. The second kappa shape index (κ2) is 7.03. The third-order valence-electron chi connectivity index (χ3n) is 5.05. The van der Waals surface area contributed by atoms with E-state index in [-0.39, 0.29) is 18.0 Å². The van der Waals surface area contributed by atoms with Crippen LogP contribution in [0.1, 0.15) is 51.0 Å². The van der Waals surface area contributed by atoms with E-state index in [1.54, 1.807) is 6.08 Å². The molecule has 1 fully saturated rings. The molecule has 0 bridgehead atoms. The van der Waals surface area contributed by atoms with Gasteiger partial charge in [-0.25, -0.2) is 0 Å². The molecule has 122 valence electrons. The van der Waals surface area contributed by atoms with Crippen molar-refractivity contribution < 1.29 is 14.3 Å². The fraction of sp³-hybridized carbons (Fsp3) is 0.450. The van der Waals surface area contributed by atoms with Crippen LogP contribution in [0.3, 0.4) is 0 Å². The summed E-state index contributed by atoms with van der Waals surface area (Å²) in [6.45, 7) is 2.43. The van der Waals surface area contributed by atoms with E-state index in [0.29, 0.717) is 0 Å². The zero-order valence-electron chi connectivity index (χ0n) is 13.7. The van der Waals surface area contributed by atoms with Crippen LogP contribution in [0.5, 0.6) is 11.5 Å². The van der Waals surface area contributed by atoms with Gasteiger partial charge in [0, 0.05) is 5.41 Å². The lowest BCUT2D eigenvalue weighted by molar-refractivity contribution is -0.125. The lowest BCUT2D eigenvalue weighted by atomic mass is 9.69. The zero-order valence-corrected chi connectivity index (χ0v) is 13.7. The first-order valence-corrected chi connectivity index (χ1v) is 8.52. The molecule has 2 aliphatic rings. The fourth-order valence-electron chi connectivity index (χ4n) is 3.51. The Morgan fingerprint density at radius 3 is 2.70 bits per heavy atom. The van der Waals surface area contributed by atoms with Crippen LogP contribution in [0.4, 0.5) is 0 Å². The number of hydrogen-bond donors (Lipinski definition) is 0. The number of ether oxygens (including phenoxy) is 2. The average Bonchev–Trinajstić information content (AvgIpc) is 3.06. The quantitative estimate of drug-likeness (QED) is 0.572. The van der Waals surface area contributed by atoms with Crippen LogP contribution in [0, 0.1) is 5.41 Å². The van der Waals surface area contributed by atoms with Gasteiger partial charge in [-0.15, -0.1) is 0 Å². The van der Waals surface area contributed by atoms with Crippen LogP contribution in [0.25, 0.3) is 6.08 Å². The van der Waals surface area contributed by atoms with E-state index in [9.17, 15) is 4.79 Å². The summed E-state index contributed by atoms with van der Waals surface area (Å²) in [4.78, 5) is 12.6. The van der Waals surface area contributed by atoms with Crippen molar-refractivity contribution in [3.05, 3.63) is 42.0 Å². The molecule has 1 aromatic rings. The molecule has 0 saturated heterocycles. The first-order chi connectivity index (χ1) is 11.2. The summed E-state index contributed by atoms with van der Waals surface area (Å²) < 4.78 is 10.7. The van der Waals surface area contributed by atoms with Gasteiger partial charge in [0.25, 0.3) is 0 Å². The number of carbonyl (C=O) groups excluding carboxylic acids is 1. The van der Waals surface area contributed by atoms with Gasteiger partial charge < -0.3 is 9.47 Å². The van der Waals surface area contributed by atoms with Crippen molar-refractivity contribution >= 4 is 11.9 Å². The van der Waals surface area contributed by atoms with Crippen molar-refractivity contribution in [2.45, 2.75) is 45.4 Å². The normalized spacial score (nSPS) is 19.5. The van der Waals surface area contributed by atoms with Crippen molar-refractivity contribution in [2.75, 3.05) is 6.79 Å². The van der Waals surface area contributed by atoms with E-state index < -0.39 is 0 Å². The van der Waals surface area contributed by atoms with Gasteiger partial charge in [0.05, 0.1) is 0 Å². The largest absolute Gasteiger partial charge is 0.454 e. The molecule has 3 heteroatoms. The predicted octanol–water partition coefficient (Wildman–Crippen LogP) is 4.91. The Morgan fingerprint density at radius 2 is 1.91 bits per heavy atom. The third kappa shape index (κ3) is 3.49. The number of hydrogen-bond acceptors (Lipinski definition) is 3. The maximum absolute atomic E-state index is 12.6. The van der Waals surface area contributed by atoms with E-state index in [0.717, 1.165) is 36.3 Å². The minimum atomic E-state index is -0.110. The second-order valence-corrected chi connectivity index (χ2v) is 6.39. The Kier molecular flexibility index (Phi) is 4.85. The maximum Gasteiger partial charge on any atom is 0.231 e. The molecule has 1 heterocycles. The van der Waals surface area contributed by atoms with Crippen molar-refractivity contribution in [1.82, 2.24) is 0 Å². The SMILES string of the molecule is CCC1(C(=O)/C=C/C=C/c2ccc3c(c2)OCO3)CCCCC1. The minimum absolute atomic E-state index is 0.110. The summed E-state index contributed by atoms with van der Waals surface area (Å²) in [6, 6.07) is 5.84. The highest BCUT2D eigenvalue weighted by Gasteiger charge is 2.35. The summed E-state index contributed by atoms with van der Waals surface area (Å²) in [5.41, 5.74) is 0.927. The van der Waals surface area contributed by atoms with Crippen LogP contribution in [0.15, 0.2) is 36.4 Å². The molecule has 0 N–H and O–H groups in total. The first-order valence-electron chi connectivity index (χ1n) is 8.52. The molecule has 0 atom stereocenters. The van der Waals surface area contributed by atoms with Crippen molar-refractivity contribution in [1.29, 1.82) is 0 Å². The molecule has 3 rings (SSSR count). The van der Waals surface area contributed by atoms with Crippen LogP contribution >= 0.6 is 0 Å². The smallest absolute Gasteiger partial charge is 0.231 e. The molecule has 3 nitrogen and oxygen atoms in total. The average molecular weight is 312 g/mol. The molecule has 1 aliphatic carbocycles. The molecule has 23 heavy (non-hydrogen) atoms. The summed E-state index contributed by atoms with van der Waals surface area (Å²) in [5, 5.41) is 0. The first kappa shape index (κ1) is 15.9. The number of fused-ring (bicyclic) bond motifs is 1. The molecular formula is C20H24O3. The molecule has 0 aromatic heterocycles. The van der Waals surface area contributed by atoms with Gasteiger partial charge in [0.2, 0.25) is 6.79 Å². The highest BCUT2D eigenvalue weighted by molar-refractivity contribution is 5.95.